The number of rotatable bonds is 3. The highest BCUT2D eigenvalue weighted by molar-refractivity contribution is 5.05. The molecule has 0 bridgehead atoms. The summed E-state index contributed by atoms with van der Waals surface area (Å²) < 4.78 is 1.72. The molecule has 4 heteroatoms. The number of hydrogen-bond acceptors (Lipinski definition) is 3. The number of nitrogens with zero attached hydrogens (tertiary/aromatic N) is 2. The van der Waals surface area contributed by atoms with Crippen molar-refractivity contribution in [3.63, 3.8) is 0 Å². The Labute approximate surface area is 65.6 Å². The highest BCUT2D eigenvalue weighted by atomic mass is 16.3. The van der Waals surface area contributed by atoms with E-state index in [1.165, 1.54) is 0 Å². The van der Waals surface area contributed by atoms with E-state index in [2.05, 4.69) is 5.10 Å². The molecule has 0 amide bonds. The topological polar surface area (TPSA) is 64.1 Å². The smallest absolute Gasteiger partial charge is 0.0548 e. The predicted molar refractivity (Wildman–Crippen MR) is 41.8 cm³/mol. The molecule has 1 unspecified atom stereocenters. The minimum Gasteiger partial charge on any atom is -0.396 e. The van der Waals surface area contributed by atoms with Gasteiger partial charge in [0.25, 0.3) is 0 Å². The number of hydrogen-bond donors (Lipinski definition) is 2. The van der Waals surface area contributed by atoms with Gasteiger partial charge in [0.1, 0.15) is 0 Å². The van der Waals surface area contributed by atoms with E-state index >= 15 is 0 Å². The Morgan fingerprint density at radius 1 is 1.82 bits per heavy atom. The van der Waals surface area contributed by atoms with E-state index in [1.54, 1.807) is 10.9 Å². The fraction of sp³-hybridized carbons (Fsp3) is 0.571. The van der Waals surface area contributed by atoms with Crippen molar-refractivity contribution in [3.05, 3.63) is 18.0 Å². The van der Waals surface area contributed by atoms with Crippen molar-refractivity contribution in [2.45, 2.75) is 12.5 Å². The molecule has 0 saturated carbocycles. The van der Waals surface area contributed by atoms with Crippen LogP contribution in [0.15, 0.2) is 12.3 Å². The first-order valence-corrected chi connectivity index (χ1v) is 3.60. The van der Waals surface area contributed by atoms with Gasteiger partial charge in [0.2, 0.25) is 0 Å². The maximum Gasteiger partial charge on any atom is 0.0548 e. The first kappa shape index (κ1) is 8.23. The van der Waals surface area contributed by atoms with Crippen molar-refractivity contribution in [2.75, 3.05) is 6.61 Å². The van der Waals surface area contributed by atoms with Gasteiger partial charge in [-0.05, 0) is 12.5 Å². The number of nitrogens with two attached hydrogens (primary N) is 1. The lowest BCUT2D eigenvalue weighted by atomic mass is 10.1. The molecule has 0 aliphatic rings. The van der Waals surface area contributed by atoms with Crippen LogP contribution in [0, 0.1) is 0 Å². The summed E-state index contributed by atoms with van der Waals surface area (Å²) in [6, 6.07) is 1.76. The third kappa shape index (κ3) is 1.78. The van der Waals surface area contributed by atoms with Crippen LogP contribution >= 0.6 is 0 Å². The Kier molecular flexibility index (Phi) is 2.62. The first-order chi connectivity index (χ1) is 5.25. The van der Waals surface area contributed by atoms with Crippen LogP contribution in [0.3, 0.4) is 0 Å². The van der Waals surface area contributed by atoms with Gasteiger partial charge in [0.15, 0.2) is 0 Å². The third-order valence-corrected chi connectivity index (χ3v) is 1.68. The molecule has 1 heterocycles. The molecule has 1 atom stereocenters. The van der Waals surface area contributed by atoms with Gasteiger partial charge in [-0.2, -0.15) is 5.10 Å². The summed E-state index contributed by atoms with van der Waals surface area (Å²) in [5, 5.41) is 12.6. The number of aryl methyl sites for hydroxylation is 1. The molecule has 4 nitrogen and oxygen atoms in total. The van der Waals surface area contributed by atoms with Crippen LogP contribution in [0.4, 0.5) is 0 Å². The zero-order valence-corrected chi connectivity index (χ0v) is 6.57. The molecule has 1 aromatic heterocycles. The molecule has 0 aromatic carbocycles. The van der Waals surface area contributed by atoms with E-state index in [1.807, 2.05) is 13.1 Å². The molecule has 62 valence electrons. The van der Waals surface area contributed by atoms with Crippen LogP contribution in [0.25, 0.3) is 0 Å². The van der Waals surface area contributed by atoms with Gasteiger partial charge in [0.05, 0.1) is 5.69 Å². The van der Waals surface area contributed by atoms with Gasteiger partial charge >= 0.3 is 0 Å². The molecule has 3 N–H and O–H groups in total. The normalized spacial score (nSPS) is 13.4. The maximum atomic E-state index is 8.62. The Hall–Kier alpha value is -0.870. The van der Waals surface area contributed by atoms with Crippen LogP contribution in [-0.4, -0.2) is 21.5 Å². The van der Waals surface area contributed by atoms with E-state index in [9.17, 15) is 0 Å². The van der Waals surface area contributed by atoms with Crippen LogP contribution < -0.4 is 5.73 Å². The second-order valence-corrected chi connectivity index (χ2v) is 2.50. The van der Waals surface area contributed by atoms with E-state index in [0.717, 1.165) is 5.69 Å². The van der Waals surface area contributed by atoms with E-state index in [4.69, 9.17) is 10.8 Å². The Balaban J connectivity index is 2.67. The Morgan fingerprint density at radius 2 is 2.55 bits per heavy atom. The molecular formula is C7H13N3O. The summed E-state index contributed by atoms with van der Waals surface area (Å²) >= 11 is 0. The minimum atomic E-state index is -0.104. The van der Waals surface area contributed by atoms with E-state index in [0.29, 0.717) is 6.42 Å². The monoisotopic (exact) mass is 155 g/mol. The summed E-state index contributed by atoms with van der Waals surface area (Å²) in [4.78, 5) is 0. The molecule has 11 heavy (non-hydrogen) atoms. The van der Waals surface area contributed by atoms with Gasteiger partial charge in [-0.15, -0.1) is 0 Å². The van der Waals surface area contributed by atoms with Crippen LogP contribution in [0.1, 0.15) is 18.2 Å². The SMILES string of the molecule is Cn1nccc1C(N)CCO. The average molecular weight is 155 g/mol. The maximum absolute atomic E-state index is 8.62. The van der Waals surface area contributed by atoms with Crippen LogP contribution in [0.2, 0.25) is 0 Å². The summed E-state index contributed by atoms with van der Waals surface area (Å²) in [5.41, 5.74) is 6.69. The molecule has 1 rings (SSSR count). The van der Waals surface area contributed by atoms with Crippen molar-refractivity contribution in [2.24, 2.45) is 12.8 Å². The highest BCUT2D eigenvalue weighted by Gasteiger charge is 2.07. The fourth-order valence-corrected chi connectivity index (χ4v) is 1.03. The van der Waals surface area contributed by atoms with Crippen LogP contribution in [0.5, 0.6) is 0 Å². The summed E-state index contributed by atoms with van der Waals surface area (Å²) in [6.07, 6.45) is 2.28. The highest BCUT2D eigenvalue weighted by Crippen LogP contribution is 2.10. The number of aromatic nitrogens is 2. The van der Waals surface area contributed by atoms with Crippen molar-refractivity contribution >= 4 is 0 Å². The lowest BCUT2D eigenvalue weighted by Gasteiger charge is -2.09. The number of aliphatic hydroxyl groups excluding tert-OH is 1. The first-order valence-electron chi connectivity index (χ1n) is 3.60. The molecule has 0 saturated heterocycles. The summed E-state index contributed by atoms with van der Waals surface area (Å²) in [5.74, 6) is 0. The van der Waals surface area contributed by atoms with Crippen molar-refractivity contribution in [3.8, 4) is 0 Å². The zero-order valence-electron chi connectivity index (χ0n) is 6.57. The number of aliphatic hydroxyl groups is 1. The molecule has 0 aliphatic carbocycles. The molecular weight excluding hydrogens is 142 g/mol. The average Bonchev–Trinajstić information content (AvgIpc) is 2.36. The largest absolute Gasteiger partial charge is 0.396 e. The van der Waals surface area contributed by atoms with Gasteiger partial charge in [-0.3, -0.25) is 4.68 Å². The quantitative estimate of drug-likeness (QED) is 0.635. The van der Waals surface area contributed by atoms with Crippen molar-refractivity contribution in [1.82, 2.24) is 9.78 Å². The molecule has 0 spiro atoms. The second kappa shape index (κ2) is 3.50. The second-order valence-electron chi connectivity index (χ2n) is 2.50. The minimum absolute atomic E-state index is 0.104. The molecule has 0 radical (unpaired) electrons. The lowest BCUT2D eigenvalue weighted by molar-refractivity contribution is 0.274. The molecule has 0 aliphatic heterocycles. The van der Waals surface area contributed by atoms with E-state index in [-0.39, 0.29) is 12.6 Å². The van der Waals surface area contributed by atoms with Gasteiger partial charge < -0.3 is 10.8 Å². The Bertz CT molecular complexity index is 221. The van der Waals surface area contributed by atoms with Crippen molar-refractivity contribution in [1.29, 1.82) is 0 Å². The van der Waals surface area contributed by atoms with E-state index < -0.39 is 0 Å². The zero-order chi connectivity index (χ0) is 8.27. The summed E-state index contributed by atoms with van der Waals surface area (Å²) in [7, 11) is 1.84. The fourth-order valence-electron chi connectivity index (χ4n) is 1.03. The Morgan fingerprint density at radius 3 is 3.00 bits per heavy atom. The standard InChI is InChI=1S/C7H13N3O/c1-10-7(2-4-9-10)6(8)3-5-11/h2,4,6,11H,3,5,8H2,1H3. The van der Waals surface area contributed by atoms with Gasteiger partial charge in [-0.1, -0.05) is 0 Å². The van der Waals surface area contributed by atoms with Crippen molar-refractivity contribution < 1.29 is 5.11 Å². The lowest BCUT2D eigenvalue weighted by Crippen LogP contribution is -2.15. The van der Waals surface area contributed by atoms with Crippen LogP contribution in [-0.2, 0) is 7.05 Å². The van der Waals surface area contributed by atoms with Gasteiger partial charge in [-0.25, -0.2) is 0 Å². The molecule has 1 aromatic rings. The predicted octanol–water partition coefficient (Wildman–Crippen LogP) is -0.198. The summed E-state index contributed by atoms with van der Waals surface area (Å²) in [6.45, 7) is 0.117. The third-order valence-electron chi connectivity index (χ3n) is 1.68. The van der Waals surface area contributed by atoms with Gasteiger partial charge in [0, 0.05) is 25.9 Å². The molecule has 0 fully saturated rings.